The maximum atomic E-state index is 13.3. The Morgan fingerprint density at radius 2 is 1.91 bits per heavy atom. The summed E-state index contributed by atoms with van der Waals surface area (Å²) in [6, 6.07) is -1.05. The maximum Gasteiger partial charge on any atom is 0.573 e. The first-order chi connectivity index (χ1) is 10.6. The van der Waals surface area contributed by atoms with E-state index in [4.69, 9.17) is 0 Å². The largest absolute Gasteiger partial charge is 0.573 e. The van der Waals surface area contributed by atoms with Crippen molar-refractivity contribution < 1.29 is 31.1 Å². The summed E-state index contributed by atoms with van der Waals surface area (Å²) in [5, 5.41) is 0. The molecule has 2 bridgehead atoms. The number of allylic oxidation sites excluding steroid dienone is 4. The predicted molar refractivity (Wildman–Crippen MR) is 67.4 cm³/mol. The molecule has 3 atom stereocenters. The van der Waals surface area contributed by atoms with Gasteiger partial charge in [0.15, 0.2) is 0 Å². The van der Waals surface area contributed by atoms with Crippen LogP contribution in [0.4, 0.5) is 26.3 Å². The van der Waals surface area contributed by atoms with Crippen molar-refractivity contribution in [1.82, 2.24) is 4.90 Å². The van der Waals surface area contributed by atoms with E-state index in [0.29, 0.717) is 12.8 Å². The lowest BCUT2D eigenvalue weighted by Gasteiger charge is -2.41. The van der Waals surface area contributed by atoms with Crippen LogP contribution < -0.4 is 0 Å². The highest BCUT2D eigenvalue weighted by molar-refractivity contribution is 5.56. The summed E-state index contributed by atoms with van der Waals surface area (Å²) in [6.45, 7) is 0. The van der Waals surface area contributed by atoms with E-state index in [9.17, 15) is 26.3 Å². The van der Waals surface area contributed by atoms with E-state index < -0.39 is 29.9 Å². The van der Waals surface area contributed by atoms with E-state index in [2.05, 4.69) is 4.74 Å². The fourth-order valence-corrected chi connectivity index (χ4v) is 4.31. The second kappa shape index (κ2) is 4.15. The standard InChI is InChI=1S/C15H11F6NO/c16-14(17,18)22-7-10-11(23-15(19,20)21)5-8-4-9-2-1-3-12(22)13(9,10)6-8/h1-3,5,7-8,12H,4,6H2. The van der Waals surface area contributed by atoms with Crippen LogP contribution >= 0.6 is 0 Å². The van der Waals surface area contributed by atoms with E-state index in [1.54, 1.807) is 12.2 Å². The minimum atomic E-state index is -4.93. The molecule has 1 heterocycles. The fraction of sp³-hybridized carbons (Fsp3) is 0.467. The summed E-state index contributed by atoms with van der Waals surface area (Å²) in [7, 11) is 0. The van der Waals surface area contributed by atoms with Crippen LogP contribution in [-0.4, -0.2) is 23.6 Å². The smallest absolute Gasteiger partial charge is 0.406 e. The van der Waals surface area contributed by atoms with Crippen LogP contribution in [0.25, 0.3) is 0 Å². The molecule has 1 fully saturated rings. The van der Waals surface area contributed by atoms with Crippen molar-refractivity contribution in [3.05, 3.63) is 47.4 Å². The fourth-order valence-electron chi connectivity index (χ4n) is 4.31. The van der Waals surface area contributed by atoms with E-state index in [1.165, 1.54) is 12.2 Å². The molecule has 0 saturated heterocycles. The van der Waals surface area contributed by atoms with Gasteiger partial charge in [0.1, 0.15) is 5.76 Å². The summed E-state index contributed by atoms with van der Waals surface area (Å²) in [5.74, 6) is -0.740. The number of nitrogens with zero attached hydrogens (tertiary/aromatic N) is 1. The second-order valence-corrected chi connectivity index (χ2v) is 6.16. The van der Waals surface area contributed by atoms with Gasteiger partial charge in [-0.3, -0.25) is 4.90 Å². The summed E-state index contributed by atoms with van der Waals surface area (Å²) >= 11 is 0. The molecule has 4 rings (SSSR count). The molecule has 4 aliphatic rings. The third-order valence-electron chi connectivity index (χ3n) is 4.95. The molecule has 124 valence electrons. The molecule has 0 N–H and O–H groups in total. The van der Waals surface area contributed by atoms with E-state index in [0.717, 1.165) is 11.8 Å². The lowest BCUT2D eigenvalue weighted by Crippen LogP contribution is -2.47. The van der Waals surface area contributed by atoms with Crippen molar-refractivity contribution in [2.75, 3.05) is 0 Å². The average molecular weight is 335 g/mol. The van der Waals surface area contributed by atoms with Crippen LogP contribution in [0, 0.1) is 11.3 Å². The lowest BCUT2D eigenvalue weighted by molar-refractivity contribution is -0.304. The van der Waals surface area contributed by atoms with Crippen LogP contribution in [0.3, 0.4) is 0 Å². The first-order valence-electron chi connectivity index (χ1n) is 7.04. The first kappa shape index (κ1) is 14.7. The molecule has 0 aromatic carbocycles. The third kappa shape index (κ3) is 1.96. The maximum absolute atomic E-state index is 13.3. The Labute approximate surface area is 127 Å². The van der Waals surface area contributed by atoms with Crippen molar-refractivity contribution in [2.45, 2.75) is 31.5 Å². The summed E-state index contributed by atoms with van der Waals surface area (Å²) in [5.41, 5.74) is -0.351. The van der Waals surface area contributed by atoms with Gasteiger partial charge in [-0.05, 0) is 24.8 Å². The number of halogens is 6. The van der Waals surface area contributed by atoms with Gasteiger partial charge in [0.2, 0.25) is 0 Å². The highest BCUT2D eigenvalue weighted by atomic mass is 19.4. The van der Waals surface area contributed by atoms with Gasteiger partial charge in [-0.2, -0.15) is 13.2 Å². The summed E-state index contributed by atoms with van der Waals surface area (Å²) in [4.78, 5) is 0.188. The zero-order chi connectivity index (χ0) is 16.6. The predicted octanol–water partition coefficient (Wildman–Crippen LogP) is 4.40. The molecule has 1 saturated carbocycles. The molecule has 0 aromatic heterocycles. The lowest BCUT2D eigenvalue weighted by atomic mass is 9.67. The quantitative estimate of drug-likeness (QED) is 0.520. The molecular formula is C15H11F6NO. The number of fused-ring (bicyclic) bond motifs is 1. The van der Waals surface area contributed by atoms with Crippen molar-refractivity contribution >= 4 is 0 Å². The zero-order valence-electron chi connectivity index (χ0n) is 11.6. The number of alkyl halides is 6. The van der Waals surface area contributed by atoms with Gasteiger partial charge >= 0.3 is 12.7 Å². The SMILES string of the molecule is FC(F)(F)OC1=CC2CC3=CC=CC4N(C(F)(F)F)C=C1C34C2. The molecule has 23 heavy (non-hydrogen) atoms. The van der Waals surface area contributed by atoms with Crippen LogP contribution in [0.5, 0.6) is 0 Å². The Kier molecular flexibility index (Phi) is 2.66. The third-order valence-corrected chi connectivity index (χ3v) is 4.95. The summed E-state index contributed by atoms with van der Waals surface area (Å²) in [6.07, 6.45) is -2.03. The van der Waals surface area contributed by atoms with Gasteiger partial charge < -0.3 is 4.74 Å². The Morgan fingerprint density at radius 3 is 2.57 bits per heavy atom. The number of hydrogen-bond donors (Lipinski definition) is 0. The molecule has 0 aromatic rings. The van der Waals surface area contributed by atoms with Gasteiger partial charge in [0.05, 0.1) is 6.04 Å². The van der Waals surface area contributed by atoms with E-state index in [1.807, 2.05) is 0 Å². The van der Waals surface area contributed by atoms with Crippen LogP contribution in [0.2, 0.25) is 0 Å². The van der Waals surface area contributed by atoms with E-state index >= 15 is 0 Å². The van der Waals surface area contributed by atoms with Crippen molar-refractivity contribution in [3.8, 4) is 0 Å². The molecule has 8 heteroatoms. The summed E-state index contributed by atoms with van der Waals surface area (Å²) < 4.78 is 81.9. The molecular weight excluding hydrogens is 324 g/mol. The van der Waals surface area contributed by atoms with Crippen LogP contribution in [0.15, 0.2) is 47.4 Å². The van der Waals surface area contributed by atoms with Crippen LogP contribution in [0.1, 0.15) is 12.8 Å². The van der Waals surface area contributed by atoms with Crippen molar-refractivity contribution in [3.63, 3.8) is 0 Å². The Balaban J connectivity index is 1.85. The van der Waals surface area contributed by atoms with Crippen LogP contribution in [-0.2, 0) is 4.74 Å². The Bertz CT molecular complexity index is 683. The Hall–Kier alpha value is -1.86. The normalized spacial score (nSPS) is 34.9. The highest BCUT2D eigenvalue weighted by Crippen LogP contribution is 2.65. The van der Waals surface area contributed by atoms with Crippen molar-refractivity contribution in [2.24, 2.45) is 11.3 Å². The molecule has 1 spiro atoms. The molecule has 3 unspecified atom stereocenters. The number of rotatable bonds is 1. The second-order valence-electron chi connectivity index (χ2n) is 6.16. The molecule has 3 aliphatic carbocycles. The van der Waals surface area contributed by atoms with Gasteiger partial charge in [0.25, 0.3) is 0 Å². The zero-order valence-corrected chi connectivity index (χ0v) is 11.6. The van der Waals surface area contributed by atoms with E-state index in [-0.39, 0.29) is 16.4 Å². The van der Waals surface area contributed by atoms with Gasteiger partial charge in [0, 0.05) is 17.2 Å². The minimum absolute atomic E-state index is 0.0264. The molecule has 1 aliphatic heterocycles. The van der Waals surface area contributed by atoms with Gasteiger partial charge in [-0.1, -0.05) is 23.8 Å². The highest BCUT2D eigenvalue weighted by Gasteiger charge is 2.63. The van der Waals surface area contributed by atoms with Gasteiger partial charge in [-0.15, -0.1) is 13.2 Å². The number of ether oxygens (including phenoxy) is 1. The minimum Gasteiger partial charge on any atom is -0.406 e. The topological polar surface area (TPSA) is 12.5 Å². The first-order valence-corrected chi connectivity index (χ1v) is 7.04. The van der Waals surface area contributed by atoms with Gasteiger partial charge in [-0.25, -0.2) is 0 Å². The average Bonchev–Trinajstić information content (AvgIpc) is 2.87. The van der Waals surface area contributed by atoms with Crippen molar-refractivity contribution in [1.29, 1.82) is 0 Å². The Morgan fingerprint density at radius 1 is 1.17 bits per heavy atom. The molecule has 2 nitrogen and oxygen atoms in total. The molecule has 0 radical (unpaired) electrons. The monoisotopic (exact) mass is 335 g/mol. The molecule has 0 amide bonds. The number of hydrogen-bond acceptors (Lipinski definition) is 2.